The van der Waals surface area contributed by atoms with E-state index in [-0.39, 0.29) is 23.3 Å². The summed E-state index contributed by atoms with van der Waals surface area (Å²) in [6.07, 6.45) is 2.36. The Kier molecular flexibility index (Phi) is 8.47. The van der Waals surface area contributed by atoms with Crippen molar-refractivity contribution >= 4 is 22.6 Å². The molecule has 6 rings (SSSR count). The van der Waals surface area contributed by atoms with Gasteiger partial charge in [0.1, 0.15) is 23.0 Å². The summed E-state index contributed by atoms with van der Waals surface area (Å²) in [5, 5.41) is 7.90. The molecule has 0 unspecified atom stereocenters. The molecule has 2 aliphatic rings. The predicted octanol–water partition coefficient (Wildman–Crippen LogP) is 4.86. The lowest BCUT2D eigenvalue weighted by atomic mass is 10.0. The maximum Gasteiger partial charge on any atom is 0.272 e. The average molecular weight is 605 g/mol. The largest absolute Gasteiger partial charge is 0.375 e. The molecule has 1 aromatic heterocycles. The van der Waals surface area contributed by atoms with Gasteiger partial charge >= 0.3 is 0 Å². The zero-order valence-corrected chi connectivity index (χ0v) is 23.9. The van der Waals surface area contributed by atoms with Crippen molar-refractivity contribution in [2.24, 2.45) is 0 Å². The van der Waals surface area contributed by atoms with E-state index in [0.29, 0.717) is 80.3 Å². The second kappa shape index (κ2) is 12.6. The van der Waals surface area contributed by atoms with E-state index in [1.165, 1.54) is 17.0 Å². The van der Waals surface area contributed by atoms with Gasteiger partial charge in [-0.25, -0.2) is 18.3 Å². The second-order valence-corrected chi connectivity index (χ2v) is 11.3. The van der Waals surface area contributed by atoms with Gasteiger partial charge in [0, 0.05) is 38.0 Å². The summed E-state index contributed by atoms with van der Waals surface area (Å²) in [6.45, 7) is 1.47. The first-order chi connectivity index (χ1) is 21.3. The van der Waals surface area contributed by atoms with E-state index < -0.39 is 34.8 Å². The zero-order chi connectivity index (χ0) is 30.8. The molecule has 3 aromatic carbocycles. The van der Waals surface area contributed by atoms with Gasteiger partial charge < -0.3 is 14.5 Å². The Labute approximate surface area is 251 Å². The zero-order valence-electron chi connectivity index (χ0n) is 23.9. The smallest absolute Gasteiger partial charge is 0.272 e. The summed E-state index contributed by atoms with van der Waals surface area (Å²) in [5.74, 6) is -3.41. The number of hydrogen-bond donors (Lipinski definition) is 1. The number of aromatic amines is 1. The Bertz CT molecular complexity index is 1740. The highest BCUT2D eigenvalue weighted by Crippen LogP contribution is 2.25. The molecular weight excluding hydrogens is 573 g/mol. The number of benzene rings is 3. The van der Waals surface area contributed by atoms with Gasteiger partial charge in [0.15, 0.2) is 0 Å². The van der Waals surface area contributed by atoms with Crippen LogP contribution in [-0.4, -0.2) is 70.2 Å². The van der Waals surface area contributed by atoms with Gasteiger partial charge in [-0.3, -0.25) is 14.4 Å². The number of carbonyl (C=O) groups excluding carboxylic acids is 2. The first kappa shape index (κ1) is 29.6. The molecule has 0 saturated carbocycles. The molecule has 1 N–H and O–H groups in total. The van der Waals surface area contributed by atoms with Crippen LogP contribution in [0.5, 0.6) is 0 Å². The monoisotopic (exact) mass is 604 g/mol. The number of piperidine rings is 2. The van der Waals surface area contributed by atoms with Crippen molar-refractivity contribution < 1.29 is 27.5 Å². The molecule has 228 valence electrons. The fourth-order valence-electron chi connectivity index (χ4n) is 6.04. The first-order valence-corrected chi connectivity index (χ1v) is 14.7. The summed E-state index contributed by atoms with van der Waals surface area (Å²) in [5.41, 5.74) is 0.480. The Hall–Kier alpha value is -4.51. The molecule has 0 spiro atoms. The molecule has 4 aromatic rings. The highest BCUT2D eigenvalue weighted by Gasteiger charge is 2.31. The molecule has 2 aliphatic heterocycles. The third-order valence-corrected chi connectivity index (χ3v) is 8.43. The Morgan fingerprint density at radius 2 is 1.36 bits per heavy atom. The van der Waals surface area contributed by atoms with Crippen molar-refractivity contribution in [3.05, 3.63) is 111 Å². The fourth-order valence-corrected chi connectivity index (χ4v) is 6.04. The maximum atomic E-state index is 14.8. The van der Waals surface area contributed by atoms with Crippen molar-refractivity contribution in [2.75, 3.05) is 26.2 Å². The van der Waals surface area contributed by atoms with Crippen molar-refractivity contribution in [3.63, 3.8) is 0 Å². The van der Waals surface area contributed by atoms with Crippen molar-refractivity contribution in [2.45, 2.75) is 44.3 Å². The molecular formula is C33H31F3N4O4. The van der Waals surface area contributed by atoms with E-state index in [1.54, 1.807) is 29.2 Å². The third-order valence-electron chi connectivity index (χ3n) is 8.43. The van der Waals surface area contributed by atoms with Crippen LogP contribution in [0.2, 0.25) is 0 Å². The van der Waals surface area contributed by atoms with E-state index in [2.05, 4.69) is 10.2 Å². The minimum atomic E-state index is -0.874. The summed E-state index contributed by atoms with van der Waals surface area (Å²) in [7, 11) is 0. The number of ether oxygens (including phenoxy) is 1. The lowest BCUT2D eigenvalue weighted by Crippen LogP contribution is -2.45. The lowest BCUT2D eigenvalue weighted by molar-refractivity contribution is -0.0593. The van der Waals surface area contributed by atoms with Gasteiger partial charge in [-0.2, -0.15) is 5.10 Å². The Morgan fingerprint density at radius 3 is 2.00 bits per heavy atom. The van der Waals surface area contributed by atoms with Crippen LogP contribution in [0.25, 0.3) is 10.8 Å². The molecule has 2 fully saturated rings. The number of halogens is 3. The Morgan fingerprint density at radius 1 is 0.773 bits per heavy atom. The average Bonchev–Trinajstić information content (AvgIpc) is 3.03. The van der Waals surface area contributed by atoms with Crippen molar-refractivity contribution in [1.82, 2.24) is 20.0 Å². The van der Waals surface area contributed by atoms with Crippen LogP contribution in [0.4, 0.5) is 13.2 Å². The summed E-state index contributed by atoms with van der Waals surface area (Å²) >= 11 is 0. The van der Waals surface area contributed by atoms with Gasteiger partial charge in [0.25, 0.3) is 17.4 Å². The quantitative estimate of drug-likeness (QED) is 0.339. The number of amides is 2. The van der Waals surface area contributed by atoms with Crippen LogP contribution >= 0.6 is 0 Å². The topological polar surface area (TPSA) is 95.6 Å². The number of hydrogen-bond acceptors (Lipinski definition) is 5. The maximum absolute atomic E-state index is 14.8. The number of rotatable bonds is 6. The van der Waals surface area contributed by atoms with Crippen LogP contribution in [0, 0.1) is 17.5 Å². The molecule has 11 heteroatoms. The normalized spacial score (nSPS) is 16.4. The molecule has 0 bridgehead atoms. The molecule has 0 radical (unpaired) electrons. The van der Waals surface area contributed by atoms with Gasteiger partial charge in [0.2, 0.25) is 0 Å². The van der Waals surface area contributed by atoms with Crippen LogP contribution in [0.15, 0.2) is 65.5 Å². The van der Waals surface area contributed by atoms with Crippen LogP contribution < -0.4 is 5.56 Å². The number of nitrogens with zero attached hydrogens (tertiary/aromatic N) is 3. The summed E-state index contributed by atoms with van der Waals surface area (Å²) in [6, 6.07) is 14.9. The summed E-state index contributed by atoms with van der Waals surface area (Å²) < 4.78 is 49.2. The van der Waals surface area contributed by atoms with Crippen LogP contribution in [0.3, 0.4) is 0 Å². The molecule has 2 saturated heterocycles. The molecule has 2 amide bonds. The molecule has 0 atom stereocenters. The molecule has 0 aliphatic carbocycles. The molecule has 44 heavy (non-hydrogen) atoms. The number of carbonyl (C=O) groups is 2. The number of likely N-dealkylation sites (tertiary alicyclic amines) is 2. The molecule has 3 heterocycles. The predicted molar refractivity (Wildman–Crippen MR) is 157 cm³/mol. The van der Waals surface area contributed by atoms with Crippen LogP contribution in [0.1, 0.15) is 57.7 Å². The van der Waals surface area contributed by atoms with Gasteiger partial charge in [0.05, 0.1) is 28.9 Å². The van der Waals surface area contributed by atoms with Crippen LogP contribution in [-0.2, 0) is 11.2 Å². The fraction of sp³-hybridized carbons (Fsp3) is 0.333. The van der Waals surface area contributed by atoms with Crippen molar-refractivity contribution in [3.8, 4) is 0 Å². The SMILES string of the molecule is O=C(c1cc(Cc2n[nH]c(=O)c3ccccc23)ccc1F)N1CCC(OC2CCN(C(=O)c3c(F)cccc3F)CC2)CC1. The molecule has 8 nitrogen and oxygen atoms in total. The van der Waals surface area contributed by atoms with E-state index >= 15 is 0 Å². The number of fused-ring (bicyclic) bond motifs is 1. The third kappa shape index (κ3) is 6.10. The minimum Gasteiger partial charge on any atom is -0.375 e. The number of H-pyrrole nitrogens is 1. The lowest BCUT2D eigenvalue weighted by Gasteiger charge is -2.37. The number of aromatic nitrogens is 2. The second-order valence-electron chi connectivity index (χ2n) is 11.3. The van der Waals surface area contributed by atoms with E-state index in [9.17, 15) is 27.6 Å². The Balaban J connectivity index is 1.03. The highest BCUT2D eigenvalue weighted by molar-refractivity contribution is 5.95. The van der Waals surface area contributed by atoms with E-state index in [0.717, 1.165) is 12.1 Å². The highest BCUT2D eigenvalue weighted by atomic mass is 19.1. The number of nitrogens with one attached hydrogen (secondary N) is 1. The van der Waals surface area contributed by atoms with Crippen molar-refractivity contribution in [1.29, 1.82) is 0 Å². The van der Waals surface area contributed by atoms with Gasteiger partial charge in [-0.05, 0) is 61.6 Å². The minimum absolute atomic E-state index is 0.0149. The summed E-state index contributed by atoms with van der Waals surface area (Å²) in [4.78, 5) is 41.2. The van der Waals surface area contributed by atoms with E-state index in [1.807, 2.05) is 12.1 Å². The van der Waals surface area contributed by atoms with E-state index in [4.69, 9.17) is 4.74 Å². The van der Waals surface area contributed by atoms with Gasteiger partial charge in [-0.1, -0.05) is 30.3 Å². The van der Waals surface area contributed by atoms with Gasteiger partial charge in [-0.15, -0.1) is 0 Å². The first-order valence-electron chi connectivity index (χ1n) is 14.7. The standard InChI is InChI=1S/C33H31F3N4O4/c34-26-9-8-20(19-29-23-4-1-2-5-24(23)31(41)38-37-29)18-25(26)32(42)39-14-10-21(11-15-39)44-22-12-16-40(17-13-22)33(43)30-27(35)6-3-7-28(30)36/h1-9,18,21-22H,10-17,19H2,(H,38,41).